The first kappa shape index (κ1) is 36.3. The van der Waals surface area contributed by atoms with Gasteiger partial charge in [-0.25, -0.2) is 9.59 Å². The van der Waals surface area contributed by atoms with E-state index in [0.29, 0.717) is 30.4 Å². The van der Waals surface area contributed by atoms with Gasteiger partial charge in [0.05, 0.1) is 12.2 Å². The second-order valence-corrected chi connectivity index (χ2v) is 16.4. The fraction of sp³-hybridized carbons (Fsp3) is 0.667. The Kier molecular flexibility index (Phi) is 9.85. The predicted octanol–water partition coefficient (Wildman–Crippen LogP) is 5.60. The minimum absolute atomic E-state index is 0.0699. The maximum Gasteiger partial charge on any atom is 0.408 e. The van der Waals surface area contributed by atoms with Crippen LogP contribution in [0.25, 0.3) is 0 Å². The van der Waals surface area contributed by atoms with Crippen molar-refractivity contribution in [3.8, 4) is 0 Å². The molecule has 4 aliphatic carbocycles. The number of alkyl carbamates (subject to hydrolysis) is 1. The topological polar surface area (TPSA) is 142 Å². The van der Waals surface area contributed by atoms with Gasteiger partial charge in [-0.15, -0.1) is 0 Å². The van der Waals surface area contributed by atoms with Gasteiger partial charge < -0.3 is 30.1 Å². The number of carbonyl (C=O) groups excluding carboxylic acids is 3. The highest BCUT2D eigenvalue weighted by Crippen LogP contribution is 2.76. The smallest absolute Gasteiger partial charge is 0.408 e. The van der Waals surface area contributed by atoms with Gasteiger partial charge in [-0.2, -0.15) is 0 Å². The van der Waals surface area contributed by atoms with Crippen molar-refractivity contribution in [2.24, 2.45) is 29.1 Å². The fourth-order valence-corrected chi connectivity index (χ4v) is 9.22. The number of carbonyl (C=O) groups is 3. The average Bonchev–Trinajstić information content (AvgIpc) is 3.41. The van der Waals surface area contributed by atoms with Crippen LogP contribution in [0.4, 0.5) is 4.79 Å². The molecule has 264 valence electrons. The van der Waals surface area contributed by atoms with Crippen molar-refractivity contribution in [2.75, 3.05) is 6.61 Å². The molecule has 4 aliphatic rings. The zero-order valence-corrected chi connectivity index (χ0v) is 29.7. The molecule has 8 atom stereocenters. The molecule has 9 heteroatoms. The molecule has 0 bridgehead atoms. The van der Waals surface area contributed by atoms with E-state index in [1.54, 1.807) is 33.8 Å². The van der Waals surface area contributed by atoms with Gasteiger partial charge in [0.15, 0.2) is 5.78 Å². The van der Waals surface area contributed by atoms with Gasteiger partial charge in [0.1, 0.15) is 22.8 Å². The Morgan fingerprint density at radius 1 is 1.04 bits per heavy atom. The van der Waals surface area contributed by atoms with E-state index in [-0.39, 0.29) is 18.9 Å². The molecule has 0 radical (unpaired) electrons. The summed E-state index contributed by atoms with van der Waals surface area (Å²) < 4.78 is 12.0. The molecular weight excluding hydrogens is 610 g/mol. The number of nitrogens with one attached hydrogen (secondary N) is 1. The number of aliphatic hydroxyl groups is 3. The summed E-state index contributed by atoms with van der Waals surface area (Å²) in [4.78, 5) is 40.2. The highest BCUT2D eigenvalue weighted by atomic mass is 16.6. The number of rotatable bonds is 11. The van der Waals surface area contributed by atoms with Crippen molar-refractivity contribution in [3.63, 3.8) is 0 Å². The Morgan fingerprint density at radius 3 is 2.35 bits per heavy atom. The van der Waals surface area contributed by atoms with Crippen LogP contribution < -0.4 is 5.32 Å². The number of Topliss-reactive ketones (excluding diaryl/α,β-unsaturated/α-hetero) is 1. The van der Waals surface area contributed by atoms with Crippen LogP contribution in [0, 0.1) is 29.1 Å². The Balaban J connectivity index is 1.35. The lowest BCUT2D eigenvalue weighted by Crippen LogP contribution is -2.61. The van der Waals surface area contributed by atoms with Crippen molar-refractivity contribution >= 4 is 17.8 Å². The maximum absolute atomic E-state index is 14.1. The zero-order chi connectivity index (χ0) is 35.3. The highest BCUT2D eigenvalue weighted by Gasteiger charge is 2.83. The van der Waals surface area contributed by atoms with E-state index < -0.39 is 69.5 Å². The van der Waals surface area contributed by atoms with Crippen molar-refractivity contribution in [1.29, 1.82) is 0 Å². The highest BCUT2D eigenvalue weighted by molar-refractivity contribution is 6.04. The third-order valence-electron chi connectivity index (χ3n) is 11.7. The number of unbranched alkanes of at least 4 members (excludes halogenated alkanes) is 3. The molecule has 1 aromatic rings. The van der Waals surface area contributed by atoms with E-state index in [0.717, 1.165) is 25.7 Å². The van der Waals surface area contributed by atoms with Gasteiger partial charge >= 0.3 is 12.1 Å². The third kappa shape index (κ3) is 6.38. The number of ether oxygens (including phenoxy) is 2. The summed E-state index contributed by atoms with van der Waals surface area (Å²) in [7, 11) is 0. The monoisotopic (exact) mass is 665 g/mol. The number of ketones is 1. The Morgan fingerprint density at radius 2 is 1.71 bits per heavy atom. The van der Waals surface area contributed by atoms with Gasteiger partial charge in [0.25, 0.3) is 0 Å². The van der Waals surface area contributed by atoms with Crippen LogP contribution in [0.5, 0.6) is 0 Å². The number of hydrogen-bond donors (Lipinski definition) is 4. The van der Waals surface area contributed by atoms with Crippen LogP contribution in [-0.2, 0) is 25.5 Å². The number of aryl methyl sites for hydroxylation is 1. The predicted molar refractivity (Wildman–Crippen MR) is 182 cm³/mol. The lowest BCUT2D eigenvalue weighted by Gasteiger charge is -2.50. The molecule has 2 fully saturated rings. The SMILES string of the molecule is CC1=C[C@H]2[C@@]3(O)[C@H](C)C[C@]4(OC(=O)[C@H](CCCCCCc5ccccc5)NC(=O)OC(C)(C)C)[C@H]([C@@H]3C=C(CO)C[C@]2(O)C1=O)C4(C)C. The number of benzene rings is 1. The van der Waals surface area contributed by atoms with Crippen LogP contribution in [0.1, 0.15) is 99.0 Å². The van der Waals surface area contributed by atoms with E-state index in [1.165, 1.54) is 5.56 Å². The van der Waals surface area contributed by atoms with Crippen molar-refractivity contribution in [3.05, 3.63) is 59.2 Å². The van der Waals surface area contributed by atoms with Crippen LogP contribution >= 0.6 is 0 Å². The summed E-state index contributed by atoms with van der Waals surface area (Å²) >= 11 is 0. The molecule has 1 aromatic carbocycles. The van der Waals surface area contributed by atoms with E-state index >= 15 is 0 Å². The third-order valence-corrected chi connectivity index (χ3v) is 11.7. The summed E-state index contributed by atoms with van der Waals surface area (Å²) in [6.45, 7) is 12.5. The Hall–Kier alpha value is -3.01. The minimum atomic E-state index is -1.85. The molecule has 0 saturated heterocycles. The standard InChI is InChI=1S/C39H55NO8/c1-24-19-30-37(45,32(24)42)22-27(23-41)20-28-31-36(6,7)38(31,21-25(2)39(28,30)46)47-33(43)29(40-34(44)48-35(3,4)5)18-14-9-8-11-15-26-16-12-10-13-17-26/h10,12-13,16-17,19-20,25,28-31,41,45-46H,8-9,11,14-15,18,21-23H2,1-7H3,(H,40,44)/t25-,28+,29+,30-,31-,37-,38+,39-/m1/s1. The van der Waals surface area contributed by atoms with Gasteiger partial charge in [-0.3, -0.25) is 4.79 Å². The number of aliphatic hydroxyl groups excluding tert-OH is 1. The lowest BCUT2D eigenvalue weighted by atomic mass is 9.60. The van der Waals surface area contributed by atoms with E-state index in [4.69, 9.17) is 9.47 Å². The van der Waals surface area contributed by atoms with Crippen molar-refractivity contribution in [2.45, 2.75) is 128 Å². The van der Waals surface area contributed by atoms with E-state index in [2.05, 4.69) is 17.4 Å². The molecule has 1 amide bonds. The van der Waals surface area contributed by atoms with Gasteiger partial charge in [0.2, 0.25) is 0 Å². The lowest BCUT2D eigenvalue weighted by molar-refractivity contribution is -0.188. The number of amides is 1. The summed E-state index contributed by atoms with van der Waals surface area (Å²) in [5.41, 5.74) is -3.45. The number of fused-ring (bicyclic) bond motifs is 5. The summed E-state index contributed by atoms with van der Waals surface area (Å²) in [5, 5.41) is 37.4. The van der Waals surface area contributed by atoms with E-state index in [9.17, 15) is 29.7 Å². The maximum atomic E-state index is 14.1. The normalized spacial score (nSPS) is 34.0. The first-order chi connectivity index (χ1) is 22.4. The summed E-state index contributed by atoms with van der Waals surface area (Å²) in [5.74, 6) is -3.25. The molecule has 0 aliphatic heterocycles. The van der Waals surface area contributed by atoms with Crippen LogP contribution in [0.15, 0.2) is 53.6 Å². The largest absolute Gasteiger partial charge is 0.457 e. The average molecular weight is 666 g/mol. The second-order valence-electron chi connectivity index (χ2n) is 16.4. The van der Waals surface area contributed by atoms with Crippen LogP contribution in [-0.4, -0.2) is 68.2 Å². The fourth-order valence-electron chi connectivity index (χ4n) is 9.22. The molecule has 2 saturated carbocycles. The van der Waals surface area contributed by atoms with Crippen LogP contribution in [0.3, 0.4) is 0 Å². The van der Waals surface area contributed by atoms with Crippen LogP contribution in [0.2, 0.25) is 0 Å². The first-order valence-electron chi connectivity index (χ1n) is 17.7. The Bertz CT molecular complexity index is 1460. The second kappa shape index (κ2) is 13.0. The zero-order valence-electron chi connectivity index (χ0n) is 29.7. The first-order valence-corrected chi connectivity index (χ1v) is 17.7. The molecule has 48 heavy (non-hydrogen) atoms. The molecule has 4 N–H and O–H groups in total. The van der Waals surface area contributed by atoms with Gasteiger partial charge in [-0.1, -0.05) is 82.5 Å². The minimum Gasteiger partial charge on any atom is -0.457 e. The van der Waals surface area contributed by atoms with E-state index in [1.807, 2.05) is 45.0 Å². The molecular formula is C39H55NO8. The van der Waals surface area contributed by atoms with Gasteiger partial charge in [-0.05, 0) is 76.0 Å². The van der Waals surface area contributed by atoms with Crippen molar-refractivity contribution in [1.82, 2.24) is 5.32 Å². The number of hydrogen-bond acceptors (Lipinski definition) is 8. The molecule has 0 heterocycles. The molecule has 0 aromatic heterocycles. The molecule has 0 unspecified atom stereocenters. The van der Waals surface area contributed by atoms with Gasteiger partial charge in [0, 0.05) is 29.6 Å². The Labute approximate surface area is 285 Å². The number of esters is 1. The molecule has 5 rings (SSSR count). The quantitative estimate of drug-likeness (QED) is 0.136. The van der Waals surface area contributed by atoms with Crippen molar-refractivity contribution < 1.29 is 39.2 Å². The summed E-state index contributed by atoms with van der Waals surface area (Å²) in [6.07, 6.45) is 8.07. The molecule has 0 spiro atoms. The molecule has 9 nitrogen and oxygen atoms in total. The summed E-state index contributed by atoms with van der Waals surface area (Å²) in [6, 6.07) is 9.41.